The third-order valence-electron chi connectivity index (χ3n) is 3.83. The van der Waals surface area contributed by atoms with E-state index in [1.54, 1.807) is 17.9 Å². The normalized spacial score (nSPS) is 22.3. The van der Waals surface area contributed by atoms with Crippen molar-refractivity contribution in [3.05, 3.63) is 17.5 Å². The minimum atomic E-state index is -3.08. The Morgan fingerprint density at radius 1 is 1.48 bits per heavy atom. The van der Waals surface area contributed by atoms with Crippen LogP contribution in [-0.4, -0.2) is 53.5 Å². The summed E-state index contributed by atoms with van der Waals surface area (Å²) in [6.45, 7) is 6.62. The summed E-state index contributed by atoms with van der Waals surface area (Å²) in [6.07, 6.45) is 1.32. The molecule has 21 heavy (non-hydrogen) atoms. The standard InChI is InChI=1S/C14H23N3O3S/c1-10(2)8-12-9-13(16-15-12)14(18)17-5-4-11(3)21(19,20)7-6-17/h9-11H,4-8H2,1-3H3,(H,15,16). The molecule has 1 aliphatic heterocycles. The molecule has 1 N–H and O–H groups in total. The lowest BCUT2D eigenvalue weighted by Gasteiger charge is -2.18. The van der Waals surface area contributed by atoms with Crippen LogP contribution in [0.25, 0.3) is 0 Å². The first-order chi connectivity index (χ1) is 9.79. The summed E-state index contributed by atoms with van der Waals surface area (Å²) >= 11 is 0. The zero-order valence-electron chi connectivity index (χ0n) is 12.8. The molecule has 118 valence electrons. The molecule has 1 unspecified atom stereocenters. The quantitative estimate of drug-likeness (QED) is 0.910. The Labute approximate surface area is 125 Å². The van der Waals surface area contributed by atoms with Gasteiger partial charge in [-0.1, -0.05) is 13.8 Å². The summed E-state index contributed by atoms with van der Waals surface area (Å²) in [5.41, 5.74) is 1.31. The van der Waals surface area contributed by atoms with Gasteiger partial charge in [0.15, 0.2) is 9.84 Å². The largest absolute Gasteiger partial charge is 0.336 e. The van der Waals surface area contributed by atoms with Crippen LogP contribution in [-0.2, 0) is 16.3 Å². The van der Waals surface area contributed by atoms with E-state index in [4.69, 9.17) is 0 Å². The van der Waals surface area contributed by atoms with Gasteiger partial charge >= 0.3 is 0 Å². The average Bonchev–Trinajstić information content (AvgIpc) is 2.79. The molecular weight excluding hydrogens is 290 g/mol. The van der Waals surface area contributed by atoms with Gasteiger partial charge in [0.05, 0.1) is 11.0 Å². The summed E-state index contributed by atoms with van der Waals surface area (Å²) in [6, 6.07) is 1.77. The second kappa shape index (κ2) is 6.17. The van der Waals surface area contributed by atoms with Gasteiger partial charge in [0, 0.05) is 18.8 Å². The molecule has 7 heteroatoms. The molecule has 6 nitrogen and oxygen atoms in total. The number of nitrogens with zero attached hydrogens (tertiary/aromatic N) is 2. The maximum atomic E-state index is 12.4. The molecule has 0 bridgehead atoms. The van der Waals surface area contributed by atoms with Gasteiger partial charge in [-0.15, -0.1) is 0 Å². The molecule has 0 radical (unpaired) electrons. The minimum absolute atomic E-state index is 0.0309. The predicted octanol–water partition coefficient (Wildman–Crippen LogP) is 1.26. The second-order valence-corrected chi connectivity index (χ2v) is 8.67. The highest BCUT2D eigenvalue weighted by atomic mass is 32.2. The van der Waals surface area contributed by atoms with Crippen molar-refractivity contribution in [2.45, 2.75) is 38.9 Å². The van der Waals surface area contributed by atoms with Crippen LogP contribution in [0, 0.1) is 5.92 Å². The predicted molar refractivity (Wildman–Crippen MR) is 80.9 cm³/mol. The molecule has 1 atom stereocenters. The van der Waals surface area contributed by atoms with Gasteiger partial charge in [-0.2, -0.15) is 5.10 Å². The van der Waals surface area contributed by atoms with Crippen LogP contribution in [0.1, 0.15) is 43.4 Å². The number of hydrogen-bond acceptors (Lipinski definition) is 4. The van der Waals surface area contributed by atoms with Gasteiger partial charge in [-0.25, -0.2) is 8.42 Å². The first-order valence-electron chi connectivity index (χ1n) is 7.34. The number of hydrogen-bond donors (Lipinski definition) is 1. The van der Waals surface area contributed by atoms with Crippen molar-refractivity contribution in [1.82, 2.24) is 15.1 Å². The third kappa shape index (κ3) is 3.84. The highest BCUT2D eigenvalue weighted by Gasteiger charge is 2.29. The molecule has 0 aromatic carbocycles. The fourth-order valence-electron chi connectivity index (χ4n) is 2.45. The van der Waals surface area contributed by atoms with Crippen molar-refractivity contribution in [2.75, 3.05) is 18.8 Å². The number of H-pyrrole nitrogens is 1. The van der Waals surface area contributed by atoms with E-state index in [1.807, 2.05) is 0 Å². The summed E-state index contributed by atoms with van der Waals surface area (Å²) in [5.74, 6) is 0.326. The van der Waals surface area contributed by atoms with Crippen molar-refractivity contribution in [2.24, 2.45) is 5.92 Å². The third-order valence-corrected chi connectivity index (χ3v) is 6.04. The number of sulfone groups is 1. The van der Waals surface area contributed by atoms with Gasteiger partial charge in [0.25, 0.3) is 5.91 Å². The zero-order chi connectivity index (χ0) is 15.6. The molecule has 1 aliphatic rings. The smallest absolute Gasteiger partial charge is 0.274 e. The lowest BCUT2D eigenvalue weighted by atomic mass is 10.1. The topological polar surface area (TPSA) is 83.1 Å². The van der Waals surface area contributed by atoms with Gasteiger partial charge < -0.3 is 4.90 Å². The maximum absolute atomic E-state index is 12.4. The number of carbonyl (C=O) groups excluding carboxylic acids is 1. The van der Waals surface area contributed by atoms with Crippen molar-refractivity contribution in [3.8, 4) is 0 Å². The molecule has 2 heterocycles. The number of rotatable bonds is 3. The number of aromatic nitrogens is 2. The Balaban J connectivity index is 2.08. The summed E-state index contributed by atoms with van der Waals surface area (Å²) in [5, 5.41) is 6.56. The van der Waals surface area contributed by atoms with Gasteiger partial charge in [-0.3, -0.25) is 9.89 Å². The molecule has 0 aliphatic carbocycles. The summed E-state index contributed by atoms with van der Waals surface area (Å²) in [4.78, 5) is 14.0. The first kappa shape index (κ1) is 16.0. The molecular formula is C14H23N3O3S. The molecule has 1 saturated heterocycles. The van der Waals surface area contributed by atoms with E-state index in [9.17, 15) is 13.2 Å². The molecule has 0 saturated carbocycles. The summed E-state index contributed by atoms with van der Waals surface area (Å²) in [7, 11) is -3.08. The van der Waals surface area contributed by atoms with E-state index in [2.05, 4.69) is 24.0 Å². The Morgan fingerprint density at radius 3 is 2.86 bits per heavy atom. The summed E-state index contributed by atoms with van der Waals surface area (Å²) < 4.78 is 23.7. The van der Waals surface area contributed by atoms with E-state index < -0.39 is 9.84 Å². The Kier molecular flexibility index (Phi) is 4.70. The van der Waals surface area contributed by atoms with Crippen LogP contribution in [0.4, 0.5) is 0 Å². The highest BCUT2D eigenvalue weighted by molar-refractivity contribution is 7.92. The Hall–Kier alpha value is -1.37. The van der Waals surface area contributed by atoms with Crippen LogP contribution in [0.2, 0.25) is 0 Å². The van der Waals surface area contributed by atoms with Crippen LogP contribution in [0.5, 0.6) is 0 Å². The van der Waals surface area contributed by atoms with E-state index in [1.165, 1.54) is 0 Å². The van der Waals surface area contributed by atoms with E-state index >= 15 is 0 Å². The minimum Gasteiger partial charge on any atom is -0.336 e. The average molecular weight is 313 g/mol. The van der Waals surface area contributed by atoms with Crippen LogP contribution < -0.4 is 0 Å². The highest BCUT2D eigenvalue weighted by Crippen LogP contribution is 2.15. The lowest BCUT2D eigenvalue weighted by molar-refractivity contribution is 0.0761. The van der Waals surface area contributed by atoms with Crippen molar-refractivity contribution in [3.63, 3.8) is 0 Å². The number of amides is 1. The SMILES string of the molecule is CC(C)Cc1cc(C(=O)N2CCC(C)S(=O)(=O)CC2)n[nH]1. The van der Waals surface area contributed by atoms with Crippen molar-refractivity contribution in [1.29, 1.82) is 0 Å². The van der Waals surface area contributed by atoms with Gasteiger partial charge in [0.2, 0.25) is 0 Å². The fraction of sp³-hybridized carbons (Fsp3) is 0.714. The molecule has 1 aromatic rings. The maximum Gasteiger partial charge on any atom is 0.274 e. The number of carbonyl (C=O) groups is 1. The monoisotopic (exact) mass is 313 g/mol. The first-order valence-corrected chi connectivity index (χ1v) is 9.06. The van der Waals surface area contributed by atoms with Gasteiger partial charge in [0.1, 0.15) is 5.69 Å². The second-order valence-electron chi connectivity index (χ2n) is 6.13. The van der Waals surface area contributed by atoms with Crippen LogP contribution in [0.15, 0.2) is 6.07 Å². The molecule has 0 spiro atoms. The van der Waals surface area contributed by atoms with Crippen LogP contribution >= 0.6 is 0 Å². The van der Waals surface area contributed by atoms with E-state index in [-0.39, 0.29) is 23.5 Å². The molecule has 2 rings (SSSR count). The number of aromatic amines is 1. The Bertz CT molecular complexity index is 607. The molecule has 1 aromatic heterocycles. The van der Waals surface area contributed by atoms with Crippen molar-refractivity contribution >= 4 is 15.7 Å². The van der Waals surface area contributed by atoms with E-state index in [0.29, 0.717) is 24.6 Å². The van der Waals surface area contributed by atoms with Gasteiger partial charge in [-0.05, 0) is 31.7 Å². The lowest BCUT2D eigenvalue weighted by Crippen LogP contribution is -2.33. The fourth-order valence-corrected chi connectivity index (χ4v) is 3.79. The van der Waals surface area contributed by atoms with Crippen LogP contribution in [0.3, 0.4) is 0 Å². The number of nitrogens with one attached hydrogen (secondary N) is 1. The van der Waals surface area contributed by atoms with Crippen molar-refractivity contribution < 1.29 is 13.2 Å². The molecule has 1 amide bonds. The Morgan fingerprint density at radius 2 is 2.19 bits per heavy atom. The zero-order valence-corrected chi connectivity index (χ0v) is 13.6. The van der Waals surface area contributed by atoms with E-state index in [0.717, 1.165) is 12.1 Å². The molecule has 1 fully saturated rings.